The number of benzene rings is 1. The van der Waals surface area contributed by atoms with E-state index in [1.54, 1.807) is 45.0 Å². The van der Waals surface area contributed by atoms with E-state index in [-0.39, 0.29) is 13.0 Å². The molecule has 0 fully saturated rings. The van der Waals surface area contributed by atoms with Gasteiger partial charge in [0, 0.05) is 12.2 Å². The smallest absolute Gasteiger partial charge is 0.414 e. The van der Waals surface area contributed by atoms with Gasteiger partial charge < -0.3 is 14.2 Å². The van der Waals surface area contributed by atoms with Crippen molar-refractivity contribution in [1.29, 1.82) is 0 Å². The molecule has 1 aromatic rings. The number of amides is 1. The minimum atomic E-state index is -0.870. The third-order valence-corrected chi connectivity index (χ3v) is 3.26. The lowest BCUT2D eigenvalue weighted by molar-refractivity contribution is -0.151. The average molecular weight is 351 g/mol. The summed E-state index contributed by atoms with van der Waals surface area (Å²) in [7, 11) is 2.46. The topological polar surface area (TPSA) is 82.1 Å². The van der Waals surface area contributed by atoms with Crippen LogP contribution in [0, 0.1) is 5.92 Å². The van der Waals surface area contributed by atoms with Gasteiger partial charge in [-0.1, -0.05) is 18.2 Å². The quantitative estimate of drug-likeness (QED) is 0.579. The molecule has 7 heteroatoms. The number of methoxy groups -OCH3 is 2. The minimum absolute atomic E-state index is 0.0688. The van der Waals surface area contributed by atoms with E-state index in [0.29, 0.717) is 5.69 Å². The van der Waals surface area contributed by atoms with E-state index in [4.69, 9.17) is 9.47 Å². The van der Waals surface area contributed by atoms with Crippen molar-refractivity contribution in [2.75, 3.05) is 25.7 Å². The SMILES string of the molecule is COC(=O)CC(CN(C(=O)OC(C)(C)C)c1ccccc1)C(=O)OC. The fraction of sp³-hybridized carbons (Fsp3) is 0.500. The minimum Gasteiger partial charge on any atom is -0.469 e. The van der Waals surface area contributed by atoms with Crippen LogP contribution in [0.5, 0.6) is 0 Å². The molecule has 0 aliphatic carbocycles. The zero-order valence-corrected chi connectivity index (χ0v) is 15.3. The highest BCUT2D eigenvalue weighted by Crippen LogP contribution is 2.21. The Balaban J connectivity index is 3.10. The molecule has 0 spiro atoms. The number of hydrogen-bond acceptors (Lipinski definition) is 6. The molecule has 1 amide bonds. The fourth-order valence-electron chi connectivity index (χ4n) is 2.10. The molecule has 0 radical (unpaired) electrons. The monoisotopic (exact) mass is 351 g/mol. The maximum absolute atomic E-state index is 12.6. The Morgan fingerprint density at radius 1 is 1.04 bits per heavy atom. The molecule has 1 unspecified atom stereocenters. The second-order valence-corrected chi connectivity index (χ2v) is 6.43. The largest absolute Gasteiger partial charge is 0.469 e. The first-order valence-corrected chi connectivity index (χ1v) is 7.88. The van der Waals surface area contributed by atoms with E-state index in [2.05, 4.69) is 4.74 Å². The molecule has 1 aromatic carbocycles. The van der Waals surface area contributed by atoms with E-state index < -0.39 is 29.6 Å². The number of anilines is 1. The van der Waals surface area contributed by atoms with Crippen molar-refractivity contribution in [1.82, 2.24) is 0 Å². The Morgan fingerprint density at radius 2 is 1.64 bits per heavy atom. The van der Waals surface area contributed by atoms with Crippen LogP contribution in [0.2, 0.25) is 0 Å². The van der Waals surface area contributed by atoms with Crippen LogP contribution >= 0.6 is 0 Å². The summed E-state index contributed by atoms with van der Waals surface area (Å²) in [5.41, 5.74) is -0.150. The lowest BCUT2D eigenvalue weighted by atomic mass is 10.0. The van der Waals surface area contributed by atoms with Crippen molar-refractivity contribution in [3.63, 3.8) is 0 Å². The molecule has 7 nitrogen and oxygen atoms in total. The van der Waals surface area contributed by atoms with Crippen molar-refractivity contribution in [3.8, 4) is 0 Å². The van der Waals surface area contributed by atoms with Crippen LogP contribution in [0.3, 0.4) is 0 Å². The van der Waals surface area contributed by atoms with Crippen LogP contribution in [0.15, 0.2) is 30.3 Å². The summed E-state index contributed by atoms with van der Waals surface area (Å²) in [4.78, 5) is 37.5. The summed E-state index contributed by atoms with van der Waals surface area (Å²) in [5, 5.41) is 0. The standard InChI is InChI=1S/C18H25NO6/c1-18(2,3)25-17(22)19(14-9-7-6-8-10-14)12-13(16(21)24-5)11-15(20)23-4/h6-10,13H,11-12H2,1-5H3. The summed E-state index contributed by atoms with van der Waals surface area (Å²) >= 11 is 0. The predicted molar refractivity (Wildman–Crippen MR) is 92.2 cm³/mol. The van der Waals surface area contributed by atoms with Crippen molar-refractivity contribution in [2.24, 2.45) is 5.92 Å². The predicted octanol–water partition coefficient (Wildman–Crippen LogP) is 2.78. The maximum atomic E-state index is 12.6. The number of carbonyl (C=O) groups is 3. The number of nitrogens with zero attached hydrogens (tertiary/aromatic N) is 1. The lowest BCUT2D eigenvalue weighted by Crippen LogP contribution is -2.42. The highest BCUT2D eigenvalue weighted by molar-refractivity contribution is 5.89. The van der Waals surface area contributed by atoms with Crippen molar-refractivity contribution >= 4 is 23.7 Å². The molecule has 0 heterocycles. The Morgan fingerprint density at radius 3 is 2.12 bits per heavy atom. The van der Waals surface area contributed by atoms with Crippen molar-refractivity contribution < 1.29 is 28.6 Å². The summed E-state index contributed by atoms with van der Waals surface area (Å²) in [6, 6.07) is 8.77. The number of ether oxygens (including phenoxy) is 3. The summed E-state index contributed by atoms with van der Waals surface area (Å²) in [5.74, 6) is -2.03. The van der Waals surface area contributed by atoms with E-state index >= 15 is 0 Å². The Bertz CT molecular complexity index is 593. The van der Waals surface area contributed by atoms with Crippen molar-refractivity contribution in [3.05, 3.63) is 30.3 Å². The third-order valence-electron chi connectivity index (χ3n) is 3.26. The first-order chi connectivity index (χ1) is 11.7. The Kier molecular flexibility index (Phi) is 7.42. The van der Waals surface area contributed by atoms with Crippen LogP contribution in [-0.4, -0.2) is 44.4 Å². The molecule has 1 rings (SSSR count). The maximum Gasteiger partial charge on any atom is 0.414 e. The first-order valence-electron chi connectivity index (χ1n) is 7.88. The molecule has 1 atom stereocenters. The van der Waals surface area contributed by atoms with Gasteiger partial charge in [0.25, 0.3) is 0 Å². The second kappa shape index (κ2) is 9.05. The summed E-state index contributed by atoms with van der Waals surface area (Å²) in [6.07, 6.45) is -0.813. The summed E-state index contributed by atoms with van der Waals surface area (Å²) in [6.45, 7) is 5.18. The molecule has 0 aliphatic rings. The third kappa shape index (κ3) is 6.82. The molecular formula is C18H25NO6. The Labute approximate surface area is 147 Å². The normalized spacial score (nSPS) is 12.0. The van der Waals surface area contributed by atoms with Gasteiger partial charge in [-0.15, -0.1) is 0 Å². The van der Waals surface area contributed by atoms with Gasteiger partial charge in [0.2, 0.25) is 0 Å². The van der Waals surface area contributed by atoms with Crippen LogP contribution in [0.25, 0.3) is 0 Å². The number of esters is 2. The van der Waals surface area contributed by atoms with Gasteiger partial charge >= 0.3 is 18.0 Å². The molecule has 0 saturated heterocycles. The number of carbonyl (C=O) groups excluding carboxylic acids is 3. The van der Waals surface area contributed by atoms with Crippen LogP contribution in [-0.2, 0) is 23.8 Å². The van der Waals surface area contributed by atoms with E-state index in [1.807, 2.05) is 6.07 Å². The van der Waals surface area contributed by atoms with E-state index in [0.717, 1.165) is 0 Å². The summed E-state index contributed by atoms with van der Waals surface area (Å²) < 4.78 is 14.8. The molecule has 0 N–H and O–H groups in total. The van der Waals surface area contributed by atoms with Gasteiger partial charge in [-0.25, -0.2) is 4.79 Å². The molecule has 25 heavy (non-hydrogen) atoms. The van der Waals surface area contributed by atoms with Gasteiger partial charge in [-0.05, 0) is 32.9 Å². The van der Waals surface area contributed by atoms with Crippen molar-refractivity contribution in [2.45, 2.75) is 32.8 Å². The van der Waals surface area contributed by atoms with Crippen LogP contribution < -0.4 is 4.90 Å². The van der Waals surface area contributed by atoms with Gasteiger partial charge in [-0.3, -0.25) is 14.5 Å². The molecule has 0 bridgehead atoms. The lowest BCUT2D eigenvalue weighted by Gasteiger charge is -2.29. The fourth-order valence-corrected chi connectivity index (χ4v) is 2.10. The molecule has 0 aromatic heterocycles. The zero-order chi connectivity index (χ0) is 19.0. The average Bonchev–Trinajstić information content (AvgIpc) is 2.56. The molecule has 0 aliphatic heterocycles. The van der Waals surface area contributed by atoms with Gasteiger partial charge in [0.1, 0.15) is 5.60 Å². The zero-order valence-electron chi connectivity index (χ0n) is 15.3. The van der Waals surface area contributed by atoms with Crippen LogP contribution in [0.4, 0.5) is 10.5 Å². The Hall–Kier alpha value is -2.57. The number of hydrogen-bond donors (Lipinski definition) is 0. The molecule has 138 valence electrons. The second-order valence-electron chi connectivity index (χ2n) is 6.43. The van der Waals surface area contributed by atoms with Gasteiger partial charge in [-0.2, -0.15) is 0 Å². The van der Waals surface area contributed by atoms with Crippen LogP contribution in [0.1, 0.15) is 27.2 Å². The number of rotatable bonds is 6. The highest BCUT2D eigenvalue weighted by atomic mass is 16.6. The molecule has 0 saturated carbocycles. The van der Waals surface area contributed by atoms with E-state index in [1.165, 1.54) is 19.1 Å². The molecular weight excluding hydrogens is 326 g/mol. The van der Waals surface area contributed by atoms with E-state index in [9.17, 15) is 14.4 Å². The highest BCUT2D eigenvalue weighted by Gasteiger charge is 2.31. The number of para-hydroxylation sites is 1. The van der Waals surface area contributed by atoms with Gasteiger partial charge in [0.15, 0.2) is 0 Å². The van der Waals surface area contributed by atoms with Gasteiger partial charge in [0.05, 0.1) is 26.6 Å². The first kappa shape index (κ1) is 20.5.